The Bertz CT molecular complexity index is 701. The molecule has 0 aliphatic rings. The van der Waals surface area contributed by atoms with Crippen LogP contribution in [0.4, 0.5) is 0 Å². The molecule has 142 valence electrons. The number of rotatable bonds is 8. The highest BCUT2D eigenvalue weighted by molar-refractivity contribution is 5.74. The van der Waals surface area contributed by atoms with Crippen molar-refractivity contribution >= 4 is 11.6 Å². The van der Waals surface area contributed by atoms with E-state index in [0.717, 1.165) is 12.8 Å². The molecular formula is C20H26Cl2N2O2. The third kappa shape index (κ3) is 7.63. The van der Waals surface area contributed by atoms with Crippen molar-refractivity contribution in [1.82, 2.24) is 0 Å². The van der Waals surface area contributed by atoms with Crippen LogP contribution < -0.4 is 33.9 Å². The van der Waals surface area contributed by atoms with Crippen molar-refractivity contribution in [3.63, 3.8) is 0 Å². The second-order valence-corrected chi connectivity index (χ2v) is 6.40. The number of hydrogen-bond donors (Lipinski definition) is 0. The lowest BCUT2D eigenvalue weighted by atomic mass is 9.91. The quantitative estimate of drug-likeness (QED) is 0.429. The van der Waals surface area contributed by atoms with Crippen LogP contribution in [0.3, 0.4) is 0 Å². The molecule has 2 rings (SSSR count). The second-order valence-electron chi connectivity index (χ2n) is 6.40. The van der Waals surface area contributed by atoms with Gasteiger partial charge < -0.3 is 24.8 Å². The van der Waals surface area contributed by atoms with Crippen LogP contribution in [0.25, 0.3) is 0 Å². The van der Waals surface area contributed by atoms with Gasteiger partial charge in [-0.05, 0) is 29.9 Å². The lowest BCUT2D eigenvalue weighted by Gasteiger charge is -2.14. The number of pyridine rings is 2. The zero-order valence-corrected chi connectivity index (χ0v) is 17.0. The summed E-state index contributed by atoms with van der Waals surface area (Å²) in [5.41, 5.74) is 2.56. The molecule has 0 amide bonds. The summed E-state index contributed by atoms with van der Waals surface area (Å²) in [5.74, 6) is 0.755. The van der Waals surface area contributed by atoms with E-state index in [2.05, 4.69) is 31.2 Å². The van der Waals surface area contributed by atoms with E-state index in [1.165, 1.54) is 11.1 Å². The molecule has 1 atom stereocenters. The number of aromatic nitrogens is 2. The summed E-state index contributed by atoms with van der Waals surface area (Å²) >= 11 is 0. The summed E-state index contributed by atoms with van der Waals surface area (Å²) in [6.45, 7) is 6.24. The Morgan fingerprint density at radius 1 is 0.846 bits per heavy atom. The summed E-state index contributed by atoms with van der Waals surface area (Å²) in [4.78, 5) is 22.3. The van der Waals surface area contributed by atoms with Gasteiger partial charge in [-0.3, -0.25) is 9.59 Å². The first-order chi connectivity index (χ1) is 11.5. The molecule has 26 heavy (non-hydrogen) atoms. The van der Waals surface area contributed by atoms with Crippen molar-refractivity contribution in [3.05, 3.63) is 60.2 Å². The molecule has 0 spiro atoms. The van der Waals surface area contributed by atoms with Crippen LogP contribution in [0, 0.1) is 0 Å². The van der Waals surface area contributed by atoms with Gasteiger partial charge in [-0.15, -0.1) is 0 Å². The fourth-order valence-corrected chi connectivity index (χ4v) is 2.87. The molecule has 0 aliphatic heterocycles. The molecule has 1 unspecified atom stereocenters. The van der Waals surface area contributed by atoms with Crippen LogP contribution in [-0.2, 0) is 29.1 Å². The zero-order chi connectivity index (χ0) is 17.5. The van der Waals surface area contributed by atoms with Gasteiger partial charge in [-0.2, -0.15) is 9.13 Å². The van der Waals surface area contributed by atoms with E-state index in [-0.39, 0.29) is 36.4 Å². The Morgan fingerprint density at radius 2 is 1.27 bits per heavy atom. The molecule has 4 nitrogen and oxygen atoms in total. The highest BCUT2D eigenvalue weighted by atomic mass is 35.5. The zero-order valence-electron chi connectivity index (χ0n) is 15.5. The average molecular weight is 397 g/mol. The molecule has 0 radical (unpaired) electrons. The Labute approximate surface area is 168 Å². The van der Waals surface area contributed by atoms with E-state index < -0.39 is 0 Å². The summed E-state index contributed by atoms with van der Waals surface area (Å²) in [7, 11) is 0. The Hall–Kier alpha value is -1.78. The molecule has 6 heteroatoms. The summed E-state index contributed by atoms with van der Waals surface area (Å²) in [6, 6.07) is 8.39. The van der Waals surface area contributed by atoms with Gasteiger partial charge in [-0.25, -0.2) is 0 Å². The van der Waals surface area contributed by atoms with Crippen molar-refractivity contribution in [2.24, 2.45) is 0 Å². The SMILES string of the molecule is CCC(Cc1cc[n+](CC(C)=O)cc1)c1cc[n+](CC(C)=O)cc1.[Cl-].[Cl-]. The fourth-order valence-electron chi connectivity index (χ4n) is 2.87. The monoisotopic (exact) mass is 396 g/mol. The van der Waals surface area contributed by atoms with Crippen LogP contribution in [0.1, 0.15) is 44.2 Å². The van der Waals surface area contributed by atoms with E-state index in [4.69, 9.17) is 0 Å². The summed E-state index contributed by atoms with van der Waals surface area (Å²) in [6.07, 6.45) is 9.91. The standard InChI is InChI=1S/C20H26N2O2.2ClH/c1-4-19(20-7-11-22(12-8-20)15-17(3)24)13-18-5-9-21(10-6-18)14-16(2)23;;/h5-12,19H,4,13-15H2,1-3H3;2*1H/q+2;;/p-2. The maximum Gasteiger partial charge on any atom is 0.206 e. The number of carbonyl (C=O) groups excluding carboxylic acids is 2. The number of Topliss-reactive ketones (excluding diaryl/α,β-unsaturated/α-hetero) is 2. The van der Waals surface area contributed by atoms with Gasteiger partial charge in [0.05, 0.1) is 0 Å². The van der Waals surface area contributed by atoms with Crippen LogP contribution in [0.5, 0.6) is 0 Å². The average Bonchev–Trinajstić information content (AvgIpc) is 2.54. The maximum absolute atomic E-state index is 11.2. The Kier molecular flexibility index (Phi) is 11.0. The van der Waals surface area contributed by atoms with E-state index in [1.54, 1.807) is 13.8 Å². The minimum Gasteiger partial charge on any atom is -1.00 e. The van der Waals surface area contributed by atoms with Crippen molar-refractivity contribution in [3.8, 4) is 0 Å². The third-order valence-corrected chi connectivity index (χ3v) is 4.13. The first-order valence-corrected chi connectivity index (χ1v) is 8.43. The molecule has 2 aromatic rings. The predicted octanol–water partition coefficient (Wildman–Crippen LogP) is -3.82. The Morgan fingerprint density at radius 3 is 1.65 bits per heavy atom. The van der Waals surface area contributed by atoms with Crippen LogP contribution in [0.15, 0.2) is 49.1 Å². The highest BCUT2D eigenvalue weighted by Gasteiger charge is 2.14. The normalized spacial score (nSPS) is 11.0. The topological polar surface area (TPSA) is 41.9 Å². The van der Waals surface area contributed by atoms with E-state index >= 15 is 0 Å². The van der Waals surface area contributed by atoms with E-state index in [0.29, 0.717) is 19.0 Å². The van der Waals surface area contributed by atoms with Gasteiger partial charge in [-0.1, -0.05) is 6.92 Å². The van der Waals surface area contributed by atoms with E-state index in [9.17, 15) is 9.59 Å². The fraction of sp³-hybridized carbons (Fsp3) is 0.400. The van der Waals surface area contributed by atoms with Crippen molar-refractivity contribution < 1.29 is 43.5 Å². The summed E-state index contributed by atoms with van der Waals surface area (Å²) in [5, 5.41) is 0. The van der Waals surface area contributed by atoms with Crippen molar-refractivity contribution in [1.29, 1.82) is 0 Å². The van der Waals surface area contributed by atoms with Crippen LogP contribution >= 0.6 is 0 Å². The van der Waals surface area contributed by atoms with Crippen molar-refractivity contribution in [2.75, 3.05) is 0 Å². The van der Waals surface area contributed by atoms with Gasteiger partial charge in [0.1, 0.15) is 0 Å². The molecule has 0 saturated heterocycles. The minimum atomic E-state index is 0. The maximum atomic E-state index is 11.2. The molecule has 0 bridgehead atoms. The lowest BCUT2D eigenvalue weighted by molar-refractivity contribution is -0.684. The lowest BCUT2D eigenvalue weighted by Crippen LogP contribution is -3.00. The van der Waals surface area contributed by atoms with Gasteiger partial charge >= 0.3 is 0 Å². The number of nitrogens with zero attached hydrogens (tertiary/aromatic N) is 2. The van der Waals surface area contributed by atoms with E-state index in [1.807, 2.05) is 33.9 Å². The Balaban J connectivity index is 0.00000312. The minimum absolute atomic E-state index is 0. The second kappa shape index (κ2) is 11.8. The number of halogens is 2. The first kappa shape index (κ1) is 24.2. The smallest absolute Gasteiger partial charge is 0.206 e. The molecular weight excluding hydrogens is 371 g/mol. The third-order valence-electron chi connectivity index (χ3n) is 4.13. The molecule has 0 aliphatic carbocycles. The highest BCUT2D eigenvalue weighted by Crippen LogP contribution is 2.23. The molecule has 0 saturated carbocycles. The number of hydrogen-bond acceptors (Lipinski definition) is 2. The molecule has 0 aromatic carbocycles. The van der Waals surface area contributed by atoms with Crippen LogP contribution in [-0.4, -0.2) is 11.6 Å². The molecule has 2 heterocycles. The van der Waals surface area contributed by atoms with Gasteiger partial charge in [0.15, 0.2) is 36.4 Å². The summed E-state index contributed by atoms with van der Waals surface area (Å²) < 4.78 is 3.81. The molecule has 0 N–H and O–H groups in total. The largest absolute Gasteiger partial charge is 1.00 e. The van der Waals surface area contributed by atoms with Crippen molar-refractivity contribution in [2.45, 2.75) is 52.6 Å². The molecule has 0 fully saturated rings. The first-order valence-electron chi connectivity index (χ1n) is 8.43. The molecule has 2 aromatic heterocycles. The van der Waals surface area contributed by atoms with Gasteiger partial charge in [0.25, 0.3) is 0 Å². The predicted molar refractivity (Wildman–Crippen MR) is 91.4 cm³/mol. The number of ketones is 2. The number of carbonyl (C=O) groups is 2. The van der Waals surface area contributed by atoms with Crippen LogP contribution in [0.2, 0.25) is 0 Å². The van der Waals surface area contributed by atoms with Gasteiger partial charge in [0.2, 0.25) is 13.1 Å². The van der Waals surface area contributed by atoms with Gasteiger partial charge in [0, 0.05) is 38.1 Å².